The summed E-state index contributed by atoms with van der Waals surface area (Å²) in [4.78, 5) is 0. The third-order valence-electron chi connectivity index (χ3n) is 3.44. The van der Waals surface area contributed by atoms with E-state index in [1.54, 1.807) is 7.11 Å². The largest absolute Gasteiger partial charge is 0.497 e. The molecule has 1 aromatic carbocycles. The first-order chi connectivity index (χ1) is 8.79. The van der Waals surface area contributed by atoms with Crippen molar-refractivity contribution in [2.75, 3.05) is 32.1 Å². The number of methoxy groups -OCH3 is 1. The number of benzene rings is 1. The van der Waals surface area contributed by atoms with Crippen LogP contribution in [0.4, 0.5) is 5.69 Å². The molecule has 1 heterocycles. The van der Waals surface area contributed by atoms with Crippen molar-refractivity contribution >= 4 is 17.3 Å². The van der Waals surface area contributed by atoms with Crippen molar-refractivity contribution in [1.29, 1.82) is 0 Å². The molecular weight excluding hydrogens is 248 g/mol. The monoisotopic (exact) mass is 268 g/mol. The maximum atomic E-state index is 6.17. The van der Waals surface area contributed by atoms with E-state index in [0.29, 0.717) is 0 Å². The lowest BCUT2D eigenvalue weighted by Gasteiger charge is -2.23. The molecule has 0 spiro atoms. The van der Waals surface area contributed by atoms with Gasteiger partial charge in [0.25, 0.3) is 0 Å². The molecule has 4 heteroatoms. The fourth-order valence-corrected chi connectivity index (χ4v) is 2.58. The molecule has 1 atom stereocenters. The van der Waals surface area contributed by atoms with Crippen LogP contribution in [0.15, 0.2) is 18.2 Å². The summed E-state index contributed by atoms with van der Waals surface area (Å²) < 4.78 is 5.13. The first-order valence-corrected chi connectivity index (χ1v) is 6.95. The average molecular weight is 269 g/mol. The minimum absolute atomic E-state index is 0.719. The van der Waals surface area contributed by atoms with Crippen LogP contribution >= 0.6 is 11.6 Å². The van der Waals surface area contributed by atoms with Crippen molar-refractivity contribution in [2.45, 2.75) is 19.3 Å². The lowest BCUT2D eigenvalue weighted by Crippen LogP contribution is -2.30. The number of rotatable bonds is 5. The Labute approximate surface area is 114 Å². The molecule has 2 rings (SSSR count). The van der Waals surface area contributed by atoms with Crippen molar-refractivity contribution in [1.82, 2.24) is 5.32 Å². The molecule has 0 amide bonds. The van der Waals surface area contributed by atoms with E-state index in [9.17, 15) is 0 Å². The minimum atomic E-state index is 0.719. The predicted molar refractivity (Wildman–Crippen MR) is 76.7 cm³/mol. The molecule has 1 fully saturated rings. The van der Waals surface area contributed by atoms with E-state index in [-0.39, 0.29) is 0 Å². The Hall–Kier alpha value is -0.930. The van der Waals surface area contributed by atoms with Gasteiger partial charge in [-0.25, -0.2) is 0 Å². The SMILES string of the molecule is COc1ccc(NCCC2CCCNC2)c(Cl)c1. The zero-order chi connectivity index (χ0) is 12.8. The molecular formula is C14H21ClN2O. The van der Waals surface area contributed by atoms with E-state index in [2.05, 4.69) is 10.6 Å². The topological polar surface area (TPSA) is 33.3 Å². The molecule has 0 aliphatic carbocycles. The maximum absolute atomic E-state index is 6.17. The molecule has 1 unspecified atom stereocenters. The number of hydrogen-bond acceptors (Lipinski definition) is 3. The van der Waals surface area contributed by atoms with E-state index >= 15 is 0 Å². The van der Waals surface area contributed by atoms with Gasteiger partial charge in [0.05, 0.1) is 17.8 Å². The second-order valence-corrected chi connectivity index (χ2v) is 5.18. The van der Waals surface area contributed by atoms with Gasteiger partial charge in [0.15, 0.2) is 0 Å². The number of halogens is 1. The number of ether oxygens (including phenoxy) is 1. The molecule has 1 aliphatic rings. The standard InChI is InChI=1S/C14H21ClN2O/c1-18-12-4-5-14(13(15)9-12)17-8-6-11-3-2-7-16-10-11/h4-5,9,11,16-17H,2-3,6-8,10H2,1H3. The molecule has 0 aromatic heterocycles. The van der Waals surface area contributed by atoms with Crippen LogP contribution in [0.3, 0.4) is 0 Å². The van der Waals surface area contributed by atoms with Crippen molar-refractivity contribution < 1.29 is 4.74 Å². The highest BCUT2D eigenvalue weighted by molar-refractivity contribution is 6.33. The quantitative estimate of drug-likeness (QED) is 0.861. The van der Waals surface area contributed by atoms with Crippen LogP contribution in [0.2, 0.25) is 5.02 Å². The Balaban J connectivity index is 1.79. The van der Waals surface area contributed by atoms with Crippen molar-refractivity contribution in [3.63, 3.8) is 0 Å². The molecule has 1 aromatic rings. The van der Waals surface area contributed by atoms with Crippen molar-refractivity contribution in [3.8, 4) is 5.75 Å². The summed E-state index contributed by atoms with van der Waals surface area (Å²) >= 11 is 6.17. The lowest BCUT2D eigenvalue weighted by molar-refractivity contribution is 0.364. The second-order valence-electron chi connectivity index (χ2n) is 4.77. The van der Waals surface area contributed by atoms with E-state index in [4.69, 9.17) is 16.3 Å². The Bertz CT molecular complexity index is 378. The highest BCUT2D eigenvalue weighted by Gasteiger charge is 2.12. The predicted octanol–water partition coefficient (Wildman–Crippen LogP) is 3.15. The van der Waals surface area contributed by atoms with Gasteiger partial charge in [0.1, 0.15) is 5.75 Å². The highest BCUT2D eigenvalue weighted by Crippen LogP contribution is 2.26. The molecule has 100 valence electrons. The normalized spacial score (nSPS) is 19.6. The molecule has 1 saturated heterocycles. The average Bonchev–Trinajstić information content (AvgIpc) is 2.42. The zero-order valence-corrected chi connectivity index (χ0v) is 11.6. The third kappa shape index (κ3) is 3.79. The Kier molecular flexibility index (Phi) is 5.14. The summed E-state index contributed by atoms with van der Waals surface area (Å²) in [5, 5.41) is 7.55. The van der Waals surface area contributed by atoms with E-state index in [1.807, 2.05) is 18.2 Å². The summed E-state index contributed by atoms with van der Waals surface area (Å²) in [5.41, 5.74) is 0.987. The Morgan fingerprint density at radius 3 is 3.06 bits per heavy atom. The van der Waals surface area contributed by atoms with Gasteiger partial charge in [-0.3, -0.25) is 0 Å². The molecule has 3 nitrogen and oxygen atoms in total. The Morgan fingerprint density at radius 2 is 2.39 bits per heavy atom. The van der Waals surface area contributed by atoms with Gasteiger partial charge < -0.3 is 15.4 Å². The number of nitrogens with one attached hydrogen (secondary N) is 2. The number of anilines is 1. The van der Waals surface area contributed by atoms with Gasteiger partial charge >= 0.3 is 0 Å². The third-order valence-corrected chi connectivity index (χ3v) is 3.76. The van der Waals surface area contributed by atoms with Crippen molar-refractivity contribution in [2.24, 2.45) is 5.92 Å². The van der Waals surface area contributed by atoms with Crippen molar-refractivity contribution in [3.05, 3.63) is 23.2 Å². The fraction of sp³-hybridized carbons (Fsp3) is 0.571. The van der Waals surface area contributed by atoms with Gasteiger partial charge in [-0.15, -0.1) is 0 Å². The summed E-state index contributed by atoms with van der Waals surface area (Å²) in [6.07, 6.45) is 3.83. The molecule has 0 radical (unpaired) electrons. The second kappa shape index (κ2) is 6.86. The molecule has 18 heavy (non-hydrogen) atoms. The Morgan fingerprint density at radius 1 is 1.50 bits per heavy atom. The van der Waals surface area contributed by atoms with Gasteiger partial charge in [0.2, 0.25) is 0 Å². The minimum Gasteiger partial charge on any atom is -0.497 e. The maximum Gasteiger partial charge on any atom is 0.120 e. The molecule has 2 N–H and O–H groups in total. The first kappa shape index (κ1) is 13.5. The van der Waals surface area contributed by atoms with Gasteiger partial charge in [0, 0.05) is 12.6 Å². The molecule has 1 aliphatic heterocycles. The van der Waals surface area contributed by atoms with Crippen LogP contribution in [0.1, 0.15) is 19.3 Å². The van der Waals surface area contributed by atoms with Crippen LogP contribution in [0.5, 0.6) is 5.75 Å². The summed E-state index contributed by atoms with van der Waals surface area (Å²) in [6.45, 7) is 3.30. The number of piperidine rings is 1. The van der Waals surface area contributed by atoms with Gasteiger partial charge in [-0.1, -0.05) is 11.6 Å². The van der Waals surface area contributed by atoms with E-state index < -0.39 is 0 Å². The van der Waals surface area contributed by atoms with Gasteiger partial charge in [-0.2, -0.15) is 0 Å². The van der Waals surface area contributed by atoms with Crippen LogP contribution < -0.4 is 15.4 Å². The molecule has 0 saturated carbocycles. The van der Waals surface area contributed by atoms with Crippen LogP contribution in [0.25, 0.3) is 0 Å². The highest BCUT2D eigenvalue weighted by atomic mass is 35.5. The van der Waals surface area contributed by atoms with E-state index in [1.165, 1.54) is 25.8 Å². The summed E-state index contributed by atoms with van der Waals surface area (Å²) in [5.74, 6) is 1.59. The van der Waals surface area contributed by atoms with E-state index in [0.717, 1.165) is 35.5 Å². The summed E-state index contributed by atoms with van der Waals surface area (Å²) in [6, 6.07) is 5.74. The lowest BCUT2D eigenvalue weighted by atomic mass is 9.96. The first-order valence-electron chi connectivity index (χ1n) is 6.57. The fourth-order valence-electron chi connectivity index (χ4n) is 2.35. The number of hydrogen-bond donors (Lipinski definition) is 2. The summed E-state index contributed by atoms with van der Waals surface area (Å²) in [7, 11) is 1.65. The van der Waals surface area contributed by atoms with Gasteiger partial charge in [-0.05, 0) is 50.4 Å². The zero-order valence-electron chi connectivity index (χ0n) is 10.8. The van der Waals surface area contributed by atoms with Crippen LogP contribution in [-0.4, -0.2) is 26.7 Å². The smallest absolute Gasteiger partial charge is 0.120 e. The van der Waals surface area contributed by atoms with Crippen LogP contribution in [0, 0.1) is 5.92 Å². The van der Waals surface area contributed by atoms with Crippen LogP contribution in [-0.2, 0) is 0 Å². The molecule has 0 bridgehead atoms.